The van der Waals surface area contributed by atoms with E-state index in [1.165, 1.54) is 0 Å². The first-order valence-electron chi connectivity index (χ1n) is 6.83. The highest BCUT2D eigenvalue weighted by Crippen LogP contribution is 2.19. The standard InChI is InChI=1S/C16H17N3O/c1-11(2)15-10-20-16(19-15)14-8-5-7-13(18-14)12-6-3-4-9-17-12/h3-9,11,15H,10H2,1-2H3/t15-/m0/s1. The quantitative estimate of drug-likeness (QED) is 0.859. The Hall–Kier alpha value is -2.23. The molecule has 4 nitrogen and oxygen atoms in total. The van der Waals surface area contributed by atoms with Crippen molar-refractivity contribution in [2.45, 2.75) is 19.9 Å². The van der Waals surface area contributed by atoms with Crippen molar-refractivity contribution in [1.29, 1.82) is 0 Å². The Labute approximate surface area is 118 Å². The summed E-state index contributed by atoms with van der Waals surface area (Å²) >= 11 is 0. The maximum Gasteiger partial charge on any atom is 0.235 e. The predicted octanol–water partition coefficient (Wildman–Crippen LogP) is 2.95. The number of hydrogen-bond donors (Lipinski definition) is 0. The van der Waals surface area contributed by atoms with Crippen LogP contribution in [-0.4, -0.2) is 28.5 Å². The smallest absolute Gasteiger partial charge is 0.235 e. The van der Waals surface area contributed by atoms with Crippen LogP contribution in [0.2, 0.25) is 0 Å². The summed E-state index contributed by atoms with van der Waals surface area (Å²) in [5, 5.41) is 0. The van der Waals surface area contributed by atoms with E-state index in [1.807, 2.05) is 36.4 Å². The Morgan fingerprint density at radius 3 is 2.55 bits per heavy atom. The minimum atomic E-state index is 0.227. The molecular weight excluding hydrogens is 250 g/mol. The van der Waals surface area contributed by atoms with Crippen molar-refractivity contribution in [3.8, 4) is 11.4 Å². The minimum Gasteiger partial charge on any atom is -0.474 e. The molecule has 0 bridgehead atoms. The van der Waals surface area contributed by atoms with Gasteiger partial charge in [0.05, 0.1) is 17.4 Å². The lowest BCUT2D eigenvalue weighted by Crippen LogP contribution is -2.13. The number of pyridine rings is 2. The second-order valence-electron chi connectivity index (χ2n) is 5.18. The van der Waals surface area contributed by atoms with E-state index in [1.54, 1.807) is 6.20 Å². The summed E-state index contributed by atoms with van der Waals surface area (Å²) in [5.74, 6) is 1.12. The van der Waals surface area contributed by atoms with E-state index in [0.29, 0.717) is 18.4 Å². The molecule has 0 saturated heterocycles. The normalized spacial score (nSPS) is 17.9. The molecule has 102 valence electrons. The molecule has 20 heavy (non-hydrogen) atoms. The molecule has 0 aliphatic carbocycles. The van der Waals surface area contributed by atoms with E-state index in [2.05, 4.69) is 28.8 Å². The molecule has 0 saturated carbocycles. The van der Waals surface area contributed by atoms with Gasteiger partial charge in [0.1, 0.15) is 12.3 Å². The van der Waals surface area contributed by atoms with E-state index in [4.69, 9.17) is 4.74 Å². The van der Waals surface area contributed by atoms with Gasteiger partial charge >= 0.3 is 0 Å². The fourth-order valence-corrected chi connectivity index (χ4v) is 2.08. The average molecular weight is 267 g/mol. The fraction of sp³-hybridized carbons (Fsp3) is 0.312. The number of hydrogen-bond acceptors (Lipinski definition) is 4. The highest BCUT2D eigenvalue weighted by atomic mass is 16.5. The zero-order valence-corrected chi connectivity index (χ0v) is 11.7. The number of aliphatic imine (C=N–C) groups is 1. The molecular formula is C16H17N3O. The number of rotatable bonds is 3. The molecule has 0 N–H and O–H groups in total. The van der Waals surface area contributed by atoms with Crippen molar-refractivity contribution >= 4 is 5.90 Å². The van der Waals surface area contributed by atoms with Crippen molar-refractivity contribution < 1.29 is 4.74 Å². The van der Waals surface area contributed by atoms with Crippen LogP contribution in [0.5, 0.6) is 0 Å². The Kier molecular flexibility index (Phi) is 3.46. The van der Waals surface area contributed by atoms with Crippen LogP contribution in [-0.2, 0) is 4.74 Å². The minimum absolute atomic E-state index is 0.227. The molecule has 2 aromatic rings. The first-order chi connectivity index (χ1) is 9.74. The zero-order valence-electron chi connectivity index (χ0n) is 11.7. The molecule has 0 aromatic carbocycles. The summed E-state index contributed by atoms with van der Waals surface area (Å²) < 4.78 is 5.67. The van der Waals surface area contributed by atoms with E-state index in [0.717, 1.165) is 17.1 Å². The van der Waals surface area contributed by atoms with Crippen LogP contribution in [0.15, 0.2) is 47.6 Å². The van der Waals surface area contributed by atoms with Crippen LogP contribution in [0.4, 0.5) is 0 Å². The molecule has 2 aromatic heterocycles. The van der Waals surface area contributed by atoms with Crippen molar-refractivity contribution in [1.82, 2.24) is 9.97 Å². The fourth-order valence-electron chi connectivity index (χ4n) is 2.08. The Bertz CT molecular complexity index is 623. The van der Waals surface area contributed by atoms with Gasteiger partial charge in [-0.3, -0.25) is 4.98 Å². The summed E-state index contributed by atoms with van der Waals surface area (Å²) in [6.45, 7) is 4.94. The van der Waals surface area contributed by atoms with Crippen LogP contribution < -0.4 is 0 Å². The number of ether oxygens (including phenoxy) is 1. The van der Waals surface area contributed by atoms with E-state index < -0.39 is 0 Å². The van der Waals surface area contributed by atoms with E-state index >= 15 is 0 Å². The van der Waals surface area contributed by atoms with Gasteiger partial charge in [0.25, 0.3) is 0 Å². The lowest BCUT2D eigenvalue weighted by Gasteiger charge is -2.06. The van der Waals surface area contributed by atoms with Gasteiger partial charge in [-0.2, -0.15) is 0 Å². The van der Waals surface area contributed by atoms with Crippen molar-refractivity contribution in [3.63, 3.8) is 0 Å². The van der Waals surface area contributed by atoms with Crippen molar-refractivity contribution in [3.05, 3.63) is 48.3 Å². The third-order valence-corrected chi connectivity index (χ3v) is 3.34. The third kappa shape index (κ3) is 2.54. The highest BCUT2D eigenvalue weighted by Gasteiger charge is 2.23. The average Bonchev–Trinajstić information content (AvgIpc) is 2.98. The van der Waals surface area contributed by atoms with Crippen molar-refractivity contribution in [2.24, 2.45) is 10.9 Å². The largest absolute Gasteiger partial charge is 0.474 e. The highest BCUT2D eigenvalue weighted by molar-refractivity contribution is 5.93. The van der Waals surface area contributed by atoms with Crippen LogP contribution >= 0.6 is 0 Å². The molecule has 0 spiro atoms. The van der Waals surface area contributed by atoms with Gasteiger partial charge < -0.3 is 4.74 Å². The molecule has 1 aliphatic rings. The summed E-state index contributed by atoms with van der Waals surface area (Å²) in [4.78, 5) is 13.5. The van der Waals surface area contributed by atoms with Crippen molar-refractivity contribution in [2.75, 3.05) is 6.61 Å². The van der Waals surface area contributed by atoms with Crippen LogP contribution in [0, 0.1) is 5.92 Å². The lowest BCUT2D eigenvalue weighted by atomic mass is 10.1. The van der Waals surface area contributed by atoms with Crippen LogP contribution in [0.3, 0.4) is 0 Å². The maximum atomic E-state index is 5.67. The summed E-state index contributed by atoms with van der Waals surface area (Å²) in [6.07, 6.45) is 1.77. The second kappa shape index (κ2) is 5.41. The van der Waals surface area contributed by atoms with E-state index in [9.17, 15) is 0 Å². The zero-order chi connectivity index (χ0) is 13.9. The van der Waals surface area contributed by atoms with Gasteiger partial charge in [-0.15, -0.1) is 0 Å². The molecule has 3 heterocycles. The van der Waals surface area contributed by atoms with Gasteiger partial charge in [0.2, 0.25) is 5.90 Å². The topological polar surface area (TPSA) is 47.4 Å². The van der Waals surface area contributed by atoms with Crippen LogP contribution in [0.25, 0.3) is 11.4 Å². The number of nitrogens with zero attached hydrogens (tertiary/aromatic N) is 3. The SMILES string of the molecule is CC(C)[C@@H]1COC(c2cccc(-c3ccccn3)n2)=N1. The lowest BCUT2D eigenvalue weighted by molar-refractivity contribution is 0.291. The van der Waals surface area contributed by atoms with Gasteiger partial charge in [-0.25, -0.2) is 9.98 Å². The van der Waals surface area contributed by atoms with E-state index in [-0.39, 0.29) is 6.04 Å². The Morgan fingerprint density at radius 2 is 1.85 bits per heavy atom. The first kappa shape index (κ1) is 12.8. The molecule has 0 radical (unpaired) electrons. The summed E-state index contributed by atoms with van der Waals surface area (Å²) in [7, 11) is 0. The van der Waals surface area contributed by atoms with Gasteiger partial charge in [-0.05, 0) is 30.2 Å². The maximum absolute atomic E-state index is 5.67. The monoisotopic (exact) mass is 267 g/mol. The van der Waals surface area contributed by atoms with Crippen LogP contribution in [0.1, 0.15) is 19.5 Å². The Balaban J connectivity index is 1.91. The molecule has 0 amide bonds. The molecule has 1 atom stereocenters. The second-order valence-corrected chi connectivity index (χ2v) is 5.18. The molecule has 0 fully saturated rings. The van der Waals surface area contributed by atoms with Gasteiger partial charge in [0, 0.05) is 6.20 Å². The van der Waals surface area contributed by atoms with Gasteiger partial charge in [0.15, 0.2) is 0 Å². The molecule has 4 heteroatoms. The summed E-state index contributed by atoms with van der Waals surface area (Å²) in [5.41, 5.74) is 2.46. The number of aromatic nitrogens is 2. The third-order valence-electron chi connectivity index (χ3n) is 3.34. The first-order valence-corrected chi connectivity index (χ1v) is 6.83. The molecule has 0 unspecified atom stereocenters. The summed E-state index contributed by atoms with van der Waals surface area (Å²) in [6, 6.07) is 11.8. The van der Waals surface area contributed by atoms with Gasteiger partial charge in [-0.1, -0.05) is 26.0 Å². The molecule has 1 aliphatic heterocycles. The Morgan fingerprint density at radius 1 is 1.05 bits per heavy atom. The molecule has 3 rings (SSSR count). The predicted molar refractivity (Wildman–Crippen MR) is 78.6 cm³/mol.